The van der Waals surface area contributed by atoms with Gasteiger partial charge in [0.15, 0.2) is 0 Å². The van der Waals surface area contributed by atoms with Crippen LogP contribution in [0.3, 0.4) is 0 Å². The molecule has 1 aromatic heterocycles. The second-order valence-electron chi connectivity index (χ2n) is 7.02. The minimum atomic E-state index is -0.169. The SMILES string of the molecule is Fc1ccc(N2CCC(NCC3(Cn4ccnc4)CC3)C2)cc1. The summed E-state index contributed by atoms with van der Waals surface area (Å²) in [6, 6.07) is 7.36. The van der Waals surface area contributed by atoms with Gasteiger partial charge in [-0.3, -0.25) is 0 Å². The highest BCUT2D eigenvalue weighted by atomic mass is 19.1. The number of hydrogen-bond donors (Lipinski definition) is 1. The fourth-order valence-electron chi connectivity index (χ4n) is 3.51. The first kappa shape index (κ1) is 14.7. The predicted molar refractivity (Wildman–Crippen MR) is 88.9 cm³/mol. The number of anilines is 1. The van der Waals surface area contributed by atoms with Gasteiger partial charge in [-0.05, 0) is 43.5 Å². The summed E-state index contributed by atoms with van der Waals surface area (Å²) in [5.74, 6) is -0.169. The molecule has 1 N–H and O–H groups in total. The summed E-state index contributed by atoms with van der Waals surface area (Å²) in [6.07, 6.45) is 9.55. The number of aromatic nitrogens is 2. The highest BCUT2D eigenvalue weighted by Crippen LogP contribution is 2.46. The van der Waals surface area contributed by atoms with Gasteiger partial charge in [0.2, 0.25) is 0 Å². The van der Waals surface area contributed by atoms with Crippen molar-refractivity contribution in [1.82, 2.24) is 14.9 Å². The van der Waals surface area contributed by atoms with Crippen molar-refractivity contribution < 1.29 is 4.39 Å². The van der Waals surface area contributed by atoms with E-state index in [0.29, 0.717) is 11.5 Å². The molecular formula is C18H23FN4. The van der Waals surface area contributed by atoms with Gasteiger partial charge in [0.25, 0.3) is 0 Å². The molecule has 1 aliphatic carbocycles. The summed E-state index contributed by atoms with van der Waals surface area (Å²) >= 11 is 0. The molecule has 0 radical (unpaired) electrons. The molecule has 1 saturated carbocycles. The Kier molecular flexibility index (Phi) is 3.81. The number of nitrogens with zero attached hydrogens (tertiary/aromatic N) is 3. The van der Waals surface area contributed by atoms with Gasteiger partial charge in [-0.15, -0.1) is 0 Å². The van der Waals surface area contributed by atoms with Crippen LogP contribution in [0, 0.1) is 11.2 Å². The molecule has 1 aromatic carbocycles. The van der Waals surface area contributed by atoms with Crippen LogP contribution in [0.5, 0.6) is 0 Å². The van der Waals surface area contributed by atoms with Crippen LogP contribution in [0.1, 0.15) is 19.3 Å². The first-order valence-electron chi connectivity index (χ1n) is 8.42. The number of nitrogens with one attached hydrogen (secondary N) is 1. The molecule has 0 amide bonds. The number of rotatable bonds is 6. The molecule has 2 aromatic rings. The molecule has 5 heteroatoms. The average molecular weight is 314 g/mol. The van der Waals surface area contributed by atoms with Gasteiger partial charge < -0.3 is 14.8 Å². The van der Waals surface area contributed by atoms with E-state index in [0.717, 1.165) is 38.3 Å². The van der Waals surface area contributed by atoms with Gasteiger partial charge in [0.05, 0.1) is 6.33 Å². The lowest BCUT2D eigenvalue weighted by Crippen LogP contribution is -2.37. The lowest BCUT2D eigenvalue weighted by atomic mass is 10.1. The molecule has 0 spiro atoms. The molecule has 4 nitrogen and oxygen atoms in total. The first-order chi connectivity index (χ1) is 11.2. The van der Waals surface area contributed by atoms with Crippen LogP contribution in [0.2, 0.25) is 0 Å². The van der Waals surface area contributed by atoms with Crippen molar-refractivity contribution in [2.75, 3.05) is 24.5 Å². The van der Waals surface area contributed by atoms with E-state index in [9.17, 15) is 4.39 Å². The fourth-order valence-corrected chi connectivity index (χ4v) is 3.51. The van der Waals surface area contributed by atoms with E-state index < -0.39 is 0 Å². The standard InChI is InChI=1S/C18H23FN4/c19-15-1-3-17(4-2-15)23-9-5-16(11-23)21-12-18(6-7-18)13-22-10-8-20-14-22/h1-4,8,10,14,16,21H,5-7,9,11-13H2. The molecular weight excluding hydrogens is 291 g/mol. The van der Waals surface area contributed by atoms with Crippen LogP contribution in [-0.2, 0) is 6.54 Å². The molecule has 122 valence electrons. The molecule has 1 aliphatic heterocycles. The predicted octanol–water partition coefficient (Wildman–Crippen LogP) is 2.67. The van der Waals surface area contributed by atoms with Gasteiger partial charge in [0.1, 0.15) is 5.82 Å². The minimum absolute atomic E-state index is 0.169. The molecule has 2 aliphatic rings. The molecule has 2 fully saturated rings. The third-order valence-electron chi connectivity index (χ3n) is 5.18. The molecule has 1 saturated heterocycles. The fraction of sp³-hybridized carbons (Fsp3) is 0.500. The van der Waals surface area contributed by atoms with Crippen LogP contribution < -0.4 is 10.2 Å². The second-order valence-corrected chi connectivity index (χ2v) is 7.02. The Morgan fingerprint density at radius 1 is 1.26 bits per heavy atom. The summed E-state index contributed by atoms with van der Waals surface area (Å²) in [5, 5.41) is 3.76. The zero-order valence-corrected chi connectivity index (χ0v) is 13.3. The zero-order chi connectivity index (χ0) is 15.7. The van der Waals surface area contributed by atoms with Crippen molar-refractivity contribution in [2.24, 2.45) is 5.41 Å². The maximum absolute atomic E-state index is 13.0. The largest absolute Gasteiger partial charge is 0.370 e. The summed E-state index contributed by atoms with van der Waals surface area (Å²) in [7, 11) is 0. The minimum Gasteiger partial charge on any atom is -0.370 e. The van der Waals surface area contributed by atoms with Gasteiger partial charge in [-0.25, -0.2) is 9.37 Å². The van der Waals surface area contributed by atoms with E-state index in [-0.39, 0.29) is 5.82 Å². The number of hydrogen-bond acceptors (Lipinski definition) is 3. The molecule has 4 rings (SSSR count). The first-order valence-corrected chi connectivity index (χ1v) is 8.42. The molecule has 1 atom stereocenters. The smallest absolute Gasteiger partial charge is 0.123 e. The highest BCUT2D eigenvalue weighted by molar-refractivity contribution is 5.47. The highest BCUT2D eigenvalue weighted by Gasteiger charge is 2.43. The Labute approximate surface area is 136 Å². The Hall–Kier alpha value is -1.88. The normalized spacial score (nSPS) is 22.5. The van der Waals surface area contributed by atoms with E-state index in [1.807, 2.05) is 30.9 Å². The number of halogens is 1. The lowest BCUT2D eigenvalue weighted by Gasteiger charge is -2.22. The van der Waals surface area contributed by atoms with Crippen LogP contribution in [0.25, 0.3) is 0 Å². The van der Waals surface area contributed by atoms with E-state index in [4.69, 9.17) is 0 Å². The second kappa shape index (κ2) is 5.96. The Morgan fingerprint density at radius 3 is 2.78 bits per heavy atom. The van der Waals surface area contributed by atoms with Crippen molar-refractivity contribution >= 4 is 5.69 Å². The quantitative estimate of drug-likeness (QED) is 0.890. The molecule has 23 heavy (non-hydrogen) atoms. The Balaban J connectivity index is 1.28. The third kappa shape index (κ3) is 3.39. The maximum Gasteiger partial charge on any atom is 0.123 e. The van der Waals surface area contributed by atoms with Gasteiger partial charge >= 0.3 is 0 Å². The van der Waals surface area contributed by atoms with Gasteiger partial charge in [0, 0.05) is 55.7 Å². The summed E-state index contributed by atoms with van der Waals surface area (Å²) in [5.41, 5.74) is 1.54. The average Bonchev–Trinajstić information content (AvgIpc) is 2.96. The van der Waals surface area contributed by atoms with Crippen molar-refractivity contribution in [3.05, 3.63) is 48.8 Å². The van der Waals surface area contributed by atoms with Crippen LogP contribution in [-0.4, -0.2) is 35.2 Å². The molecule has 2 heterocycles. The topological polar surface area (TPSA) is 33.1 Å². The van der Waals surface area contributed by atoms with Crippen molar-refractivity contribution in [3.63, 3.8) is 0 Å². The summed E-state index contributed by atoms with van der Waals surface area (Å²) in [6.45, 7) is 4.19. The van der Waals surface area contributed by atoms with Crippen LogP contribution in [0.15, 0.2) is 43.0 Å². The van der Waals surface area contributed by atoms with E-state index >= 15 is 0 Å². The Morgan fingerprint density at radius 2 is 2.09 bits per heavy atom. The molecule has 0 bridgehead atoms. The summed E-state index contributed by atoms with van der Waals surface area (Å²) < 4.78 is 15.2. The lowest BCUT2D eigenvalue weighted by molar-refractivity contribution is 0.371. The van der Waals surface area contributed by atoms with Crippen molar-refractivity contribution in [2.45, 2.75) is 31.8 Å². The number of imidazole rings is 1. The zero-order valence-electron chi connectivity index (χ0n) is 13.3. The van der Waals surface area contributed by atoms with Crippen molar-refractivity contribution in [1.29, 1.82) is 0 Å². The van der Waals surface area contributed by atoms with Gasteiger partial charge in [-0.2, -0.15) is 0 Å². The van der Waals surface area contributed by atoms with Crippen LogP contribution >= 0.6 is 0 Å². The van der Waals surface area contributed by atoms with E-state index in [1.54, 1.807) is 12.1 Å². The van der Waals surface area contributed by atoms with Gasteiger partial charge in [-0.1, -0.05) is 0 Å². The maximum atomic E-state index is 13.0. The summed E-state index contributed by atoms with van der Waals surface area (Å²) in [4.78, 5) is 6.47. The van der Waals surface area contributed by atoms with Crippen molar-refractivity contribution in [3.8, 4) is 0 Å². The Bertz CT molecular complexity index is 634. The third-order valence-corrected chi connectivity index (χ3v) is 5.18. The monoisotopic (exact) mass is 314 g/mol. The number of benzene rings is 1. The molecule has 1 unspecified atom stereocenters. The van der Waals surface area contributed by atoms with E-state index in [1.165, 1.54) is 12.8 Å². The van der Waals surface area contributed by atoms with Crippen LogP contribution in [0.4, 0.5) is 10.1 Å². The van der Waals surface area contributed by atoms with E-state index in [2.05, 4.69) is 19.8 Å².